The molecule has 0 saturated carbocycles. The Morgan fingerprint density at radius 1 is 0.333 bits per heavy atom. The van der Waals surface area contributed by atoms with E-state index in [-0.39, 0.29) is 79.1 Å². The molecule has 47 valence electrons. The molecule has 0 aromatic carbocycles. The summed E-state index contributed by atoms with van der Waals surface area (Å²) in [5, 5.41) is 0. The zero-order valence-electron chi connectivity index (χ0n) is 2.42. The molecule has 0 spiro atoms. The Morgan fingerprint density at radius 3 is 0.333 bits per heavy atom. The molecule has 6 heavy (non-hydrogen) atoms. The van der Waals surface area contributed by atoms with Crippen LogP contribution in [-0.4, -0.2) is 0 Å². The normalized spacial score (nSPS) is 0. The van der Waals surface area contributed by atoms with E-state index >= 15 is 0 Å². The van der Waals surface area contributed by atoms with E-state index in [0.29, 0.717) is 0 Å². The van der Waals surface area contributed by atoms with Gasteiger partial charge in [0, 0.05) is 17.1 Å². The first kappa shape index (κ1) is 99.8. The molecule has 0 atom stereocenters. The Morgan fingerprint density at radius 2 is 0.333 bits per heavy atom. The van der Waals surface area contributed by atoms with Gasteiger partial charge in [0.15, 0.2) is 0 Å². The molecule has 0 aliphatic rings. The Hall–Kier alpha value is 1.97. The summed E-state index contributed by atoms with van der Waals surface area (Å²) in [5.74, 6) is 0. The number of hydrogen-bond donors (Lipinski definition) is 0. The second kappa shape index (κ2) is 64.0. The van der Waals surface area contributed by atoms with Crippen LogP contribution in [0, 0.1) is 0 Å². The third-order valence-corrected chi connectivity index (χ3v) is 0. The van der Waals surface area contributed by atoms with E-state index in [0.717, 1.165) is 0 Å². The van der Waals surface area contributed by atoms with Gasteiger partial charge in [-0.15, -0.1) is 62.0 Å². The van der Waals surface area contributed by atoms with Gasteiger partial charge in [0.05, 0.1) is 0 Å². The van der Waals surface area contributed by atoms with Crippen LogP contribution in [0.5, 0.6) is 0 Å². The van der Waals surface area contributed by atoms with Crippen LogP contribution < -0.4 is 0 Å². The molecule has 6 heteroatoms. The van der Waals surface area contributed by atoms with Crippen molar-refractivity contribution in [2.75, 3.05) is 0 Å². The van der Waals surface area contributed by atoms with Crippen molar-refractivity contribution in [1.29, 1.82) is 0 Å². The van der Waals surface area contributed by atoms with Crippen molar-refractivity contribution in [2.24, 2.45) is 0 Å². The van der Waals surface area contributed by atoms with Crippen LogP contribution in [0.25, 0.3) is 0 Å². The van der Waals surface area contributed by atoms with Gasteiger partial charge in [-0.25, -0.2) is 0 Å². The smallest absolute Gasteiger partial charge is 0 e. The summed E-state index contributed by atoms with van der Waals surface area (Å²) in [4.78, 5) is 0. The van der Waals surface area contributed by atoms with E-state index < -0.39 is 0 Å². The van der Waals surface area contributed by atoms with Crippen LogP contribution in [-0.2, 0) is 17.1 Å². The van der Waals surface area contributed by atoms with Gasteiger partial charge in [-0.3, -0.25) is 0 Å². The average molecular weight is 237 g/mol. The molecule has 0 nitrogen and oxygen atoms in total. The molecule has 0 aliphatic heterocycles. The number of hydrogen-bond acceptors (Lipinski definition) is 0. The molecule has 0 aromatic heterocycles. The topological polar surface area (TPSA) is 0 Å². The first-order valence-electron chi connectivity index (χ1n) is 0. The van der Waals surface area contributed by atoms with Gasteiger partial charge in [0.1, 0.15) is 0 Å². The van der Waals surface area contributed by atoms with Crippen LogP contribution in [0.2, 0.25) is 0 Å². The third-order valence-electron chi connectivity index (χ3n) is 0. The molecule has 0 unspecified atom stereocenters. The van der Waals surface area contributed by atoms with Gasteiger partial charge < -0.3 is 0 Å². The molecule has 0 bridgehead atoms. The van der Waals surface area contributed by atoms with Crippen molar-refractivity contribution in [3.05, 3.63) is 0 Å². The standard InChI is InChI=1S/5ClH.Mn/h5*1H;. The molecule has 0 N–H and O–H groups in total. The van der Waals surface area contributed by atoms with E-state index in [1.54, 1.807) is 0 Å². The zero-order chi connectivity index (χ0) is 0. The van der Waals surface area contributed by atoms with Crippen molar-refractivity contribution in [1.82, 2.24) is 0 Å². The quantitative estimate of drug-likeness (QED) is 0.566. The van der Waals surface area contributed by atoms with Crippen LogP contribution in [0.15, 0.2) is 0 Å². The molecule has 0 fully saturated rings. The number of rotatable bonds is 0. The Balaban J connectivity index is 0. The average Bonchev–Trinajstić information content (AvgIpc) is 0. The fraction of sp³-hybridized carbons (Fsp3) is 0. The molecular weight excluding hydrogens is 232 g/mol. The van der Waals surface area contributed by atoms with Crippen LogP contribution in [0.1, 0.15) is 0 Å². The predicted molar refractivity (Wildman–Crippen MR) is 36.2 cm³/mol. The van der Waals surface area contributed by atoms with Crippen molar-refractivity contribution < 1.29 is 17.1 Å². The van der Waals surface area contributed by atoms with Crippen molar-refractivity contribution in [2.45, 2.75) is 0 Å². The maximum absolute atomic E-state index is 0. The summed E-state index contributed by atoms with van der Waals surface area (Å²) in [5.41, 5.74) is 0. The molecule has 0 aromatic rings. The van der Waals surface area contributed by atoms with Crippen molar-refractivity contribution in [3.8, 4) is 0 Å². The van der Waals surface area contributed by atoms with E-state index in [9.17, 15) is 0 Å². The predicted octanol–water partition coefficient (Wildman–Crippen LogP) is 2.11. The second-order valence-corrected chi connectivity index (χ2v) is 0. The molecule has 1 radical (unpaired) electrons. The summed E-state index contributed by atoms with van der Waals surface area (Å²) >= 11 is 0. The largest absolute Gasteiger partial charge is 0.147 e. The maximum Gasteiger partial charge on any atom is 0 e. The van der Waals surface area contributed by atoms with E-state index in [4.69, 9.17) is 0 Å². The van der Waals surface area contributed by atoms with Crippen molar-refractivity contribution in [3.63, 3.8) is 0 Å². The van der Waals surface area contributed by atoms with Gasteiger partial charge in [0.25, 0.3) is 0 Å². The molecule has 0 rings (SSSR count). The summed E-state index contributed by atoms with van der Waals surface area (Å²) in [6.45, 7) is 0. The van der Waals surface area contributed by atoms with Gasteiger partial charge >= 0.3 is 0 Å². The summed E-state index contributed by atoms with van der Waals surface area (Å²) in [6.07, 6.45) is 0. The Kier molecular flexibility index (Phi) is 1060. The van der Waals surface area contributed by atoms with Gasteiger partial charge in [-0.2, -0.15) is 0 Å². The van der Waals surface area contributed by atoms with Crippen molar-refractivity contribution >= 4 is 62.0 Å². The van der Waals surface area contributed by atoms with Gasteiger partial charge in [-0.1, -0.05) is 0 Å². The fourth-order valence-corrected chi connectivity index (χ4v) is 0. The SMILES string of the molecule is Cl.Cl.Cl.Cl.Cl.[Mn]. The van der Waals surface area contributed by atoms with Crippen LogP contribution in [0.3, 0.4) is 0 Å². The summed E-state index contributed by atoms with van der Waals surface area (Å²) < 4.78 is 0. The van der Waals surface area contributed by atoms with E-state index in [1.165, 1.54) is 0 Å². The third kappa shape index (κ3) is 38.0. The fourth-order valence-electron chi connectivity index (χ4n) is 0. The maximum atomic E-state index is 0. The minimum atomic E-state index is 0. The minimum absolute atomic E-state index is 0. The summed E-state index contributed by atoms with van der Waals surface area (Å²) in [6, 6.07) is 0. The zero-order valence-corrected chi connectivity index (χ0v) is 7.68. The first-order chi connectivity index (χ1) is 0. The first-order valence-corrected chi connectivity index (χ1v) is 0. The van der Waals surface area contributed by atoms with E-state index in [2.05, 4.69) is 0 Å². The minimum Gasteiger partial charge on any atom is -0.147 e. The number of halogens is 5. The second-order valence-electron chi connectivity index (χ2n) is 0. The molecular formula is H5Cl5Mn. The van der Waals surface area contributed by atoms with Crippen LogP contribution in [0.4, 0.5) is 0 Å². The molecule has 0 amide bonds. The molecule has 0 saturated heterocycles. The molecule has 0 aliphatic carbocycles. The van der Waals surface area contributed by atoms with E-state index in [1.807, 2.05) is 0 Å². The van der Waals surface area contributed by atoms with Gasteiger partial charge in [0.2, 0.25) is 0 Å². The monoisotopic (exact) mass is 235 g/mol. The summed E-state index contributed by atoms with van der Waals surface area (Å²) in [7, 11) is 0. The Bertz CT molecular complexity index is 3.90. The van der Waals surface area contributed by atoms with Crippen LogP contribution >= 0.6 is 62.0 Å². The molecule has 0 heterocycles. The Labute approximate surface area is 78.7 Å². The van der Waals surface area contributed by atoms with Gasteiger partial charge in [-0.05, 0) is 0 Å².